The Hall–Kier alpha value is -0.360. The quantitative estimate of drug-likeness (QED) is 0.474. The van der Waals surface area contributed by atoms with Gasteiger partial charge in [0.25, 0.3) is 0 Å². The number of ether oxygens (including phenoxy) is 1. The summed E-state index contributed by atoms with van der Waals surface area (Å²) in [5, 5.41) is 0.0826. The van der Waals surface area contributed by atoms with Gasteiger partial charge in [0.15, 0.2) is 0 Å². The number of rotatable bonds is 2. The fourth-order valence-electron chi connectivity index (χ4n) is 0.949. The molecule has 0 N–H and O–H groups in total. The first-order chi connectivity index (χ1) is 6.54. The van der Waals surface area contributed by atoms with Gasteiger partial charge in [0, 0.05) is 3.57 Å². The zero-order valence-corrected chi connectivity index (χ0v) is 10.2. The topological polar surface area (TPSA) is 26.3 Å². The van der Waals surface area contributed by atoms with Crippen molar-refractivity contribution in [1.82, 2.24) is 0 Å². The van der Waals surface area contributed by atoms with Gasteiger partial charge in [-0.05, 0) is 40.3 Å². The smallest absolute Gasteiger partial charge is 0.309 e. The van der Waals surface area contributed by atoms with E-state index in [1.807, 2.05) is 22.6 Å². The molecule has 0 saturated carbocycles. The Labute approximate surface area is 99.5 Å². The third-order valence-corrected chi connectivity index (χ3v) is 3.17. The minimum absolute atomic E-state index is 0.0561. The molecule has 1 aromatic carbocycles. The molecule has 0 amide bonds. The number of carbonyl (C=O) groups is 1. The van der Waals surface area contributed by atoms with Gasteiger partial charge in [-0.1, -0.05) is 11.6 Å². The molecule has 76 valence electrons. The highest BCUT2D eigenvalue weighted by Crippen LogP contribution is 2.23. The number of hydrogen-bond acceptors (Lipinski definition) is 2. The highest BCUT2D eigenvalue weighted by atomic mass is 127. The Bertz CT molecular complexity index is 345. The van der Waals surface area contributed by atoms with Crippen LogP contribution in [0.15, 0.2) is 12.1 Å². The molecule has 0 aliphatic rings. The first kappa shape index (κ1) is 11.7. The third-order valence-electron chi connectivity index (χ3n) is 1.62. The van der Waals surface area contributed by atoms with E-state index in [4.69, 9.17) is 11.6 Å². The molecule has 0 unspecified atom stereocenters. The minimum Gasteiger partial charge on any atom is -0.469 e. The lowest BCUT2D eigenvalue weighted by Gasteiger charge is -2.03. The highest BCUT2D eigenvalue weighted by Gasteiger charge is 2.09. The van der Waals surface area contributed by atoms with Crippen LogP contribution >= 0.6 is 34.2 Å². The summed E-state index contributed by atoms with van der Waals surface area (Å²) in [5.74, 6) is -0.917. The summed E-state index contributed by atoms with van der Waals surface area (Å²) in [6, 6.07) is 2.89. The zero-order valence-electron chi connectivity index (χ0n) is 7.31. The summed E-state index contributed by atoms with van der Waals surface area (Å²) in [5.41, 5.74) is 0.558. The minimum atomic E-state index is -0.516. The summed E-state index contributed by atoms with van der Waals surface area (Å²) < 4.78 is 18.2. The van der Waals surface area contributed by atoms with Gasteiger partial charge in [0.1, 0.15) is 5.82 Å². The summed E-state index contributed by atoms with van der Waals surface area (Å²) in [6.07, 6.45) is 0.0561. The monoisotopic (exact) mass is 328 g/mol. The van der Waals surface area contributed by atoms with Gasteiger partial charge in [-0.25, -0.2) is 4.39 Å². The molecule has 0 radical (unpaired) electrons. The summed E-state index contributed by atoms with van der Waals surface area (Å²) in [4.78, 5) is 10.9. The largest absolute Gasteiger partial charge is 0.469 e. The van der Waals surface area contributed by atoms with Crippen molar-refractivity contribution in [1.29, 1.82) is 0 Å². The van der Waals surface area contributed by atoms with E-state index < -0.39 is 11.8 Å². The molecule has 0 aliphatic heterocycles. The van der Waals surface area contributed by atoms with Crippen LogP contribution in [-0.4, -0.2) is 13.1 Å². The Morgan fingerprint density at radius 3 is 2.79 bits per heavy atom. The van der Waals surface area contributed by atoms with Gasteiger partial charge >= 0.3 is 5.97 Å². The number of esters is 1. The second-order valence-corrected chi connectivity index (χ2v) is 4.17. The molecule has 5 heteroatoms. The molecular weight excluding hydrogens is 321 g/mol. The van der Waals surface area contributed by atoms with E-state index in [1.165, 1.54) is 13.2 Å². The van der Waals surface area contributed by atoms with Gasteiger partial charge in [-0.3, -0.25) is 4.79 Å². The van der Waals surface area contributed by atoms with Crippen molar-refractivity contribution in [2.24, 2.45) is 0 Å². The fraction of sp³-hybridized carbons (Fsp3) is 0.222. The molecule has 0 bridgehead atoms. The van der Waals surface area contributed by atoms with Gasteiger partial charge in [0.2, 0.25) is 0 Å². The van der Waals surface area contributed by atoms with Crippen LogP contribution in [0, 0.1) is 9.39 Å². The normalized spacial score (nSPS) is 10.0. The van der Waals surface area contributed by atoms with E-state index in [0.29, 0.717) is 9.13 Å². The lowest BCUT2D eigenvalue weighted by Crippen LogP contribution is -2.05. The molecule has 1 aromatic rings. The standard InChI is InChI=1S/C9H7ClFIO2/c1-14-8(13)4-5-2-6(11)9(10)7(12)3-5/h2-3H,4H2,1H3. The lowest BCUT2D eigenvalue weighted by molar-refractivity contribution is -0.139. The predicted molar refractivity (Wildman–Crippen MR) is 59.8 cm³/mol. The van der Waals surface area contributed by atoms with Crippen molar-refractivity contribution >= 4 is 40.2 Å². The molecule has 0 spiro atoms. The molecular formula is C9H7ClFIO2. The average molecular weight is 329 g/mol. The summed E-state index contributed by atoms with van der Waals surface area (Å²) in [7, 11) is 1.29. The van der Waals surface area contributed by atoms with Crippen LogP contribution in [0.2, 0.25) is 5.02 Å². The van der Waals surface area contributed by atoms with E-state index in [0.717, 1.165) is 0 Å². The molecule has 0 fully saturated rings. The Morgan fingerprint density at radius 2 is 2.29 bits per heavy atom. The van der Waals surface area contributed by atoms with Crippen LogP contribution in [0.25, 0.3) is 0 Å². The van der Waals surface area contributed by atoms with E-state index >= 15 is 0 Å². The van der Waals surface area contributed by atoms with Crippen molar-refractivity contribution in [2.45, 2.75) is 6.42 Å². The number of halogens is 3. The van der Waals surface area contributed by atoms with Gasteiger partial charge < -0.3 is 4.74 Å². The fourth-order valence-corrected chi connectivity index (χ4v) is 1.72. The molecule has 2 nitrogen and oxygen atoms in total. The summed E-state index contributed by atoms with van der Waals surface area (Å²) >= 11 is 7.53. The maximum absolute atomic E-state index is 13.1. The van der Waals surface area contributed by atoms with Gasteiger partial charge in [0.05, 0.1) is 18.6 Å². The molecule has 0 heterocycles. The summed E-state index contributed by atoms with van der Waals surface area (Å²) in [6.45, 7) is 0. The van der Waals surface area contributed by atoms with Gasteiger partial charge in [-0.2, -0.15) is 0 Å². The van der Waals surface area contributed by atoms with Crippen LogP contribution in [0.3, 0.4) is 0 Å². The van der Waals surface area contributed by atoms with Crippen LogP contribution in [0.1, 0.15) is 5.56 Å². The van der Waals surface area contributed by atoms with E-state index in [-0.39, 0.29) is 11.4 Å². The average Bonchev–Trinajstić information content (AvgIpc) is 2.14. The Balaban J connectivity index is 2.95. The lowest BCUT2D eigenvalue weighted by atomic mass is 10.1. The maximum atomic E-state index is 13.1. The Kier molecular flexibility index (Phi) is 4.12. The first-order valence-corrected chi connectivity index (χ1v) is 5.20. The number of benzene rings is 1. The number of methoxy groups -OCH3 is 1. The van der Waals surface area contributed by atoms with Crippen LogP contribution in [-0.2, 0) is 16.0 Å². The highest BCUT2D eigenvalue weighted by molar-refractivity contribution is 14.1. The van der Waals surface area contributed by atoms with Crippen molar-refractivity contribution < 1.29 is 13.9 Å². The second kappa shape index (κ2) is 4.93. The number of carbonyl (C=O) groups excluding carboxylic acids is 1. The third kappa shape index (κ3) is 2.81. The van der Waals surface area contributed by atoms with E-state index in [2.05, 4.69) is 4.74 Å². The van der Waals surface area contributed by atoms with Crippen LogP contribution < -0.4 is 0 Å². The maximum Gasteiger partial charge on any atom is 0.309 e. The molecule has 1 rings (SSSR count). The van der Waals surface area contributed by atoms with E-state index in [1.54, 1.807) is 6.07 Å². The first-order valence-electron chi connectivity index (χ1n) is 3.75. The van der Waals surface area contributed by atoms with E-state index in [9.17, 15) is 9.18 Å². The zero-order chi connectivity index (χ0) is 10.7. The second-order valence-electron chi connectivity index (χ2n) is 2.63. The molecule has 0 aliphatic carbocycles. The van der Waals surface area contributed by atoms with Crippen molar-refractivity contribution in [2.75, 3.05) is 7.11 Å². The molecule has 0 atom stereocenters. The SMILES string of the molecule is COC(=O)Cc1cc(F)c(Cl)c(I)c1. The van der Waals surface area contributed by atoms with Crippen molar-refractivity contribution in [3.05, 3.63) is 32.1 Å². The number of hydrogen-bond donors (Lipinski definition) is 0. The molecule has 0 saturated heterocycles. The van der Waals surface area contributed by atoms with Crippen molar-refractivity contribution in [3.63, 3.8) is 0 Å². The molecule has 14 heavy (non-hydrogen) atoms. The molecule has 0 aromatic heterocycles. The Morgan fingerprint density at radius 1 is 1.64 bits per heavy atom. The van der Waals surface area contributed by atoms with Crippen LogP contribution in [0.5, 0.6) is 0 Å². The predicted octanol–water partition coefficient (Wildman–Crippen LogP) is 2.80. The van der Waals surface area contributed by atoms with Gasteiger partial charge in [-0.15, -0.1) is 0 Å². The van der Waals surface area contributed by atoms with Crippen molar-refractivity contribution in [3.8, 4) is 0 Å². The van der Waals surface area contributed by atoms with Crippen LogP contribution in [0.4, 0.5) is 4.39 Å².